The van der Waals surface area contributed by atoms with Crippen molar-refractivity contribution >= 4 is 34.5 Å². The summed E-state index contributed by atoms with van der Waals surface area (Å²) in [7, 11) is 0. The summed E-state index contributed by atoms with van der Waals surface area (Å²) in [5.74, 6) is 0. The summed E-state index contributed by atoms with van der Waals surface area (Å²) in [5, 5.41) is 19.9. The summed E-state index contributed by atoms with van der Waals surface area (Å²) in [6, 6.07) is 6.08. The number of nitrogens with one attached hydrogen (secondary N) is 2. The van der Waals surface area contributed by atoms with Crippen LogP contribution in [0.5, 0.6) is 0 Å². The maximum atomic E-state index is 10.5. The molecule has 0 spiro atoms. The molecular formula is C11H11ClN4O3. The Morgan fingerprint density at radius 2 is 2.42 bits per heavy atom. The molecule has 1 aromatic rings. The standard InChI is InChI=1S/C11H11ClN4O3/c12-11(13)14-5-2-6-19-8-15-9-3-1-4-10(7-9)16(17)18/h1-7,13,15H,8H2/b6-2?,13-11?,14-5-. The number of allylic oxidation sites excluding steroid dienone is 1. The third kappa shape index (κ3) is 6.18. The molecule has 0 aliphatic heterocycles. The molecule has 1 aromatic carbocycles. The maximum absolute atomic E-state index is 10.5. The smallest absolute Gasteiger partial charge is 0.271 e. The van der Waals surface area contributed by atoms with E-state index in [1.54, 1.807) is 12.1 Å². The number of aliphatic imine (C=N–C) groups is 1. The average Bonchev–Trinajstić information content (AvgIpc) is 2.37. The molecule has 2 N–H and O–H groups in total. The Hall–Kier alpha value is -2.41. The summed E-state index contributed by atoms with van der Waals surface area (Å²) < 4.78 is 5.05. The van der Waals surface area contributed by atoms with Gasteiger partial charge >= 0.3 is 0 Å². The lowest BCUT2D eigenvalue weighted by Gasteiger charge is -2.04. The van der Waals surface area contributed by atoms with Gasteiger partial charge in [-0.1, -0.05) is 6.07 Å². The van der Waals surface area contributed by atoms with Crippen LogP contribution in [0.3, 0.4) is 0 Å². The van der Waals surface area contributed by atoms with Crippen LogP contribution in [0.25, 0.3) is 0 Å². The normalized spacial score (nSPS) is 10.8. The summed E-state index contributed by atoms with van der Waals surface area (Å²) in [6.45, 7) is 0.143. The van der Waals surface area contributed by atoms with Crippen molar-refractivity contribution in [1.29, 1.82) is 5.41 Å². The van der Waals surface area contributed by atoms with Crippen molar-refractivity contribution in [3.63, 3.8) is 0 Å². The zero-order chi connectivity index (χ0) is 14.1. The highest BCUT2D eigenvalue weighted by atomic mass is 35.5. The Bertz CT molecular complexity index is 516. The highest BCUT2D eigenvalue weighted by molar-refractivity contribution is 6.64. The number of nitrogens with zero attached hydrogens (tertiary/aromatic N) is 2. The van der Waals surface area contributed by atoms with E-state index in [0.29, 0.717) is 5.69 Å². The maximum Gasteiger partial charge on any atom is 0.271 e. The van der Waals surface area contributed by atoms with E-state index in [1.807, 2.05) is 0 Å². The summed E-state index contributed by atoms with van der Waals surface area (Å²) in [4.78, 5) is 13.6. The van der Waals surface area contributed by atoms with Crippen molar-refractivity contribution in [3.05, 3.63) is 46.7 Å². The first kappa shape index (κ1) is 14.7. The Morgan fingerprint density at radius 3 is 3.11 bits per heavy atom. The largest absolute Gasteiger partial charge is 0.481 e. The third-order valence-electron chi connectivity index (χ3n) is 1.87. The number of ether oxygens (including phenoxy) is 1. The quantitative estimate of drug-likeness (QED) is 0.122. The lowest BCUT2D eigenvalue weighted by Crippen LogP contribution is -2.02. The molecule has 0 atom stereocenters. The van der Waals surface area contributed by atoms with Gasteiger partial charge in [-0.15, -0.1) is 0 Å². The molecule has 8 heteroatoms. The van der Waals surface area contributed by atoms with Crippen LogP contribution in [0.1, 0.15) is 0 Å². The van der Waals surface area contributed by atoms with Crippen LogP contribution in [0, 0.1) is 15.5 Å². The van der Waals surface area contributed by atoms with E-state index in [2.05, 4.69) is 10.3 Å². The van der Waals surface area contributed by atoms with Gasteiger partial charge in [-0.2, -0.15) is 0 Å². The van der Waals surface area contributed by atoms with E-state index in [4.69, 9.17) is 21.7 Å². The molecule has 19 heavy (non-hydrogen) atoms. The Kier molecular flexibility index (Phi) is 6.04. The SMILES string of the molecule is N=C(Cl)/N=C\C=COCNc1cccc([N+](=O)[O-])c1. The molecule has 0 aliphatic carbocycles. The number of amidine groups is 1. The monoisotopic (exact) mass is 282 g/mol. The van der Waals surface area contributed by atoms with Crippen LogP contribution in [0.4, 0.5) is 11.4 Å². The van der Waals surface area contributed by atoms with Gasteiger partial charge in [0, 0.05) is 24.0 Å². The summed E-state index contributed by atoms with van der Waals surface area (Å²) in [5.41, 5.74) is 0.590. The number of rotatable bonds is 6. The second-order valence-electron chi connectivity index (χ2n) is 3.19. The molecule has 0 bridgehead atoms. The number of hydrogen-bond acceptors (Lipinski definition) is 5. The zero-order valence-electron chi connectivity index (χ0n) is 9.75. The van der Waals surface area contributed by atoms with Gasteiger partial charge in [0.25, 0.3) is 5.69 Å². The molecule has 100 valence electrons. The Balaban J connectivity index is 2.35. The first-order valence-corrected chi connectivity index (χ1v) is 5.50. The number of halogens is 1. The predicted octanol–water partition coefficient (Wildman–Crippen LogP) is 2.74. The number of nitro groups is 1. The molecular weight excluding hydrogens is 272 g/mol. The van der Waals surface area contributed by atoms with Crippen LogP contribution >= 0.6 is 11.6 Å². The van der Waals surface area contributed by atoms with Crippen LogP contribution in [-0.2, 0) is 4.74 Å². The Labute approximate surface area is 114 Å². The molecule has 0 amide bonds. The fourth-order valence-electron chi connectivity index (χ4n) is 1.10. The van der Waals surface area contributed by atoms with E-state index in [1.165, 1.54) is 30.7 Å². The number of non-ortho nitro benzene ring substituents is 1. The topological polar surface area (TPSA) is 101 Å². The minimum Gasteiger partial charge on any atom is -0.481 e. The lowest BCUT2D eigenvalue weighted by molar-refractivity contribution is -0.384. The van der Waals surface area contributed by atoms with Gasteiger partial charge in [0.1, 0.15) is 0 Å². The molecule has 1 rings (SSSR count). The van der Waals surface area contributed by atoms with Crippen molar-refractivity contribution in [1.82, 2.24) is 0 Å². The summed E-state index contributed by atoms with van der Waals surface area (Å²) in [6.07, 6.45) is 4.13. The second kappa shape index (κ2) is 7.83. The molecule has 0 heterocycles. The average molecular weight is 283 g/mol. The third-order valence-corrected chi connectivity index (χ3v) is 1.96. The number of anilines is 1. The molecule has 0 saturated heterocycles. The molecule has 0 unspecified atom stereocenters. The fraction of sp³-hybridized carbons (Fsp3) is 0.0909. The molecule has 0 radical (unpaired) electrons. The minimum absolute atomic E-state index is 0.00769. The molecule has 7 nitrogen and oxygen atoms in total. The molecule has 0 aliphatic rings. The van der Waals surface area contributed by atoms with Crippen LogP contribution in [0.15, 0.2) is 41.6 Å². The van der Waals surface area contributed by atoms with E-state index >= 15 is 0 Å². The minimum atomic E-state index is -0.469. The fourth-order valence-corrected chi connectivity index (χ4v) is 1.16. The first-order chi connectivity index (χ1) is 9.09. The lowest BCUT2D eigenvalue weighted by atomic mass is 10.3. The summed E-state index contributed by atoms with van der Waals surface area (Å²) >= 11 is 5.18. The van der Waals surface area contributed by atoms with E-state index < -0.39 is 4.92 Å². The number of benzene rings is 1. The van der Waals surface area contributed by atoms with Crippen molar-refractivity contribution in [2.45, 2.75) is 0 Å². The van der Waals surface area contributed by atoms with E-state index in [9.17, 15) is 10.1 Å². The van der Waals surface area contributed by atoms with Crippen LogP contribution < -0.4 is 5.32 Å². The van der Waals surface area contributed by atoms with Crippen LogP contribution in [0.2, 0.25) is 0 Å². The highest BCUT2D eigenvalue weighted by Gasteiger charge is 2.04. The number of nitro benzene ring substituents is 1. The molecule has 0 aromatic heterocycles. The van der Waals surface area contributed by atoms with Crippen molar-refractivity contribution in [2.75, 3.05) is 12.0 Å². The molecule has 0 fully saturated rings. The zero-order valence-corrected chi connectivity index (χ0v) is 10.5. The first-order valence-electron chi connectivity index (χ1n) is 5.13. The Morgan fingerprint density at radius 1 is 1.63 bits per heavy atom. The van der Waals surface area contributed by atoms with Crippen molar-refractivity contribution < 1.29 is 9.66 Å². The molecule has 0 saturated carbocycles. The van der Waals surface area contributed by atoms with Crippen molar-refractivity contribution in [3.8, 4) is 0 Å². The van der Waals surface area contributed by atoms with Gasteiger partial charge in [-0.25, -0.2) is 4.99 Å². The van der Waals surface area contributed by atoms with Gasteiger partial charge in [-0.05, 0) is 23.7 Å². The number of hydrogen-bond donors (Lipinski definition) is 2. The van der Waals surface area contributed by atoms with Gasteiger partial charge in [0.05, 0.1) is 11.2 Å². The predicted molar refractivity (Wildman–Crippen MR) is 73.9 cm³/mol. The highest BCUT2D eigenvalue weighted by Crippen LogP contribution is 2.16. The van der Waals surface area contributed by atoms with Crippen molar-refractivity contribution in [2.24, 2.45) is 4.99 Å². The van der Waals surface area contributed by atoms with Crippen LogP contribution in [-0.4, -0.2) is 23.2 Å². The van der Waals surface area contributed by atoms with Gasteiger partial charge < -0.3 is 10.1 Å². The van der Waals surface area contributed by atoms with E-state index in [0.717, 1.165) is 0 Å². The van der Waals surface area contributed by atoms with Gasteiger partial charge in [-0.3, -0.25) is 15.5 Å². The second-order valence-corrected chi connectivity index (χ2v) is 3.55. The van der Waals surface area contributed by atoms with Gasteiger partial charge in [0.2, 0.25) is 5.29 Å². The van der Waals surface area contributed by atoms with Gasteiger partial charge in [0.15, 0.2) is 6.73 Å². The van der Waals surface area contributed by atoms with E-state index in [-0.39, 0.29) is 17.7 Å².